The Labute approximate surface area is 79.5 Å². The van der Waals surface area contributed by atoms with Crippen molar-refractivity contribution in [1.82, 2.24) is 10.2 Å². The normalized spacial score (nSPS) is 21.2. The zero-order chi connectivity index (χ0) is 9.84. The van der Waals surface area contributed by atoms with E-state index in [-0.39, 0.29) is 11.9 Å². The van der Waals surface area contributed by atoms with E-state index in [0.29, 0.717) is 6.04 Å². The number of hydrogen-bond donors (Lipinski definition) is 2. The van der Waals surface area contributed by atoms with Crippen LogP contribution in [-0.4, -0.2) is 43.0 Å². The number of rotatable bonds is 2. The summed E-state index contributed by atoms with van der Waals surface area (Å²) < 4.78 is 0. The van der Waals surface area contributed by atoms with Crippen LogP contribution in [0.3, 0.4) is 0 Å². The monoisotopic (exact) mass is 185 g/mol. The van der Waals surface area contributed by atoms with E-state index >= 15 is 0 Å². The third kappa shape index (κ3) is 2.67. The van der Waals surface area contributed by atoms with Crippen LogP contribution in [0.25, 0.3) is 0 Å². The van der Waals surface area contributed by atoms with Crippen LogP contribution in [0.5, 0.6) is 0 Å². The number of likely N-dealkylation sites (N-methyl/N-ethyl adjacent to an activating group) is 1. The van der Waals surface area contributed by atoms with E-state index < -0.39 is 0 Å². The van der Waals surface area contributed by atoms with E-state index in [0.717, 1.165) is 25.9 Å². The average Bonchev–Trinajstić information content (AvgIpc) is 2.17. The molecule has 0 spiro atoms. The summed E-state index contributed by atoms with van der Waals surface area (Å²) in [4.78, 5) is 13.3. The van der Waals surface area contributed by atoms with Gasteiger partial charge in [0, 0.05) is 13.1 Å². The van der Waals surface area contributed by atoms with Crippen molar-refractivity contribution in [2.24, 2.45) is 5.73 Å². The summed E-state index contributed by atoms with van der Waals surface area (Å²) in [7, 11) is 1.85. The Balaban J connectivity index is 2.45. The summed E-state index contributed by atoms with van der Waals surface area (Å²) in [5.41, 5.74) is 5.54. The van der Waals surface area contributed by atoms with Gasteiger partial charge in [-0.25, -0.2) is 0 Å². The highest BCUT2D eigenvalue weighted by molar-refractivity contribution is 5.81. The van der Waals surface area contributed by atoms with Crippen LogP contribution in [0.15, 0.2) is 0 Å². The highest BCUT2D eigenvalue weighted by atomic mass is 16.2. The molecular formula is C9H19N3O. The van der Waals surface area contributed by atoms with Crippen molar-refractivity contribution < 1.29 is 4.79 Å². The van der Waals surface area contributed by atoms with Crippen LogP contribution in [0, 0.1) is 0 Å². The molecule has 1 fully saturated rings. The first kappa shape index (κ1) is 10.5. The van der Waals surface area contributed by atoms with Gasteiger partial charge in [0.25, 0.3) is 0 Å². The molecule has 0 saturated carbocycles. The lowest BCUT2D eigenvalue weighted by Crippen LogP contribution is -2.48. The Morgan fingerprint density at radius 3 is 2.54 bits per heavy atom. The summed E-state index contributed by atoms with van der Waals surface area (Å²) in [5, 5.41) is 3.27. The van der Waals surface area contributed by atoms with Gasteiger partial charge >= 0.3 is 0 Å². The molecule has 0 radical (unpaired) electrons. The fourth-order valence-corrected chi connectivity index (χ4v) is 1.70. The maximum atomic E-state index is 11.5. The Kier molecular flexibility index (Phi) is 3.69. The first-order valence-electron chi connectivity index (χ1n) is 4.86. The lowest BCUT2D eigenvalue weighted by molar-refractivity contribution is -0.133. The zero-order valence-corrected chi connectivity index (χ0v) is 8.42. The number of amides is 1. The summed E-state index contributed by atoms with van der Waals surface area (Å²) in [5.74, 6) is 0.0481. The minimum Gasteiger partial charge on any atom is -0.341 e. The van der Waals surface area contributed by atoms with Crippen molar-refractivity contribution in [1.29, 1.82) is 0 Å². The van der Waals surface area contributed by atoms with Crippen molar-refractivity contribution in [3.8, 4) is 0 Å². The van der Waals surface area contributed by atoms with E-state index in [9.17, 15) is 4.79 Å². The quantitative estimate of drug-likeness (QED) is 0.612. The highest BCUT2D eigenvalue weighted by Crippen LogP contribution is 2.10. The Hall–Kier alpha value is -0.610. The van der Waals surface area contributed by atoms with E-state index in [1.54, 1.807) is 11.8 Å². The van der Waals surface area contributed by atoms with Crippen molar-refractivity contribution in [3.63, 3.8) is 0 Å². The van der Waals surface area contributed by atoms with Gasteiger partial charge in [-0.15, -0.1) is 0 Å². The number of piperidine rings is 1. The van der Waals surface area contributed by atoms with Crippen molar-refractivity contribution in [2.45, 2.75) is 31.8 Å². The van der Waals surface area contributed by atoms with E-state index in [2.05, 4.69) is 5.32 Å². The lowest BCUT2D eigenvalue weighted by Gasteiger charge is -2.32. The van der Waals surface area contributed by atoms with Crippen LogP contribution >= 0.6 is 0 Å². The summed E-state index contributed by atoms with van der Waals surface area (Å²) in [6.45, 7) is 3.74. The topological polar surface area (TPSA) is 58.4 Å². The van der Waals surface area contributed by atoms with Gasteiger partial charge in [0.15, 0.2) is 0 Å². The maximum Gasteiger partial charge on any atom is 0.239 e. The second kappa shape index (κ2) is 4.58. The Morgan fingerprint density at radius 1 is 1.54 bits per heavy atom. The van der Waals surface area contributed by atoms with E-state index in [1.807, 2.05) is 7.05 Å². The lowest BCUT2D eigenvalue weighted by atomic mass is 10.0. The molecule has 0 aromatic carbocycles. The van der Waals surface area contributed by atoms with Crippen LogP contribution < -0.4 is 11.1 Å². The van der Waals surface area contributed by atoms with Crippen LogP contribution in [0.1, 0.15) is 19.8 Å². The summed E-state index contributed by atoms with van der Waals surface area (Å²) in [6, 6.07) is -0.000337. The molecule has 4 nitrogen and oxygen atoms in total. The molecular weight excluding hydrogens is 166 g/mol. The number of nitrogens with one attached hydrogen (secondary N) is 1. The van der Waals surface area contributed by atoms with Crippen LogP contribution in [0.2, 0.25) is 0 Å². The molecule has 76 valence electrons. The standard InChI is InChI=1S/C9H19N3O/c1-7(10)9(13)12(2)8-3-5-11-6-4-8/h7-8,11H,3-6,10H2,1-2H3/t7-/m0/s1. The molecule has 0 aromatic rings. The van der Waals surface area contributed by atoms with Gasteiger partial charge < -0.3 is 16.0 Å². The van der Waals surface area contributed by atoms with Crippen LogP contribution in [0.4, 0.5) is 0 Å². The van der Waals surface area contributed by atoms with E-state index in [4.69, 9.17) is 5.73 Å². The van der Waals surface area contributed by atoms with Gasteiger partial charge in [0.1, 0.15) is 0 Å². The van der Waals surface area contributed by atoms with Gasteiger partial charge in [-0.2, -0.15) is 0 Å². The number of nitrogens with zero attached hydrogens (tertiary/aromatic N) is 1. The largest absolute Gasteiger partial charge is 0.341 e. The average molecular weight is 185 g/mol. The number of hydrogen-bond acceptors (Lipinski definition) is 3. The smallest absolute Gasteiger partial charge is 0.239 e. The fourth-order valence-electron chi connectivity index (χ4n) is 1.70. The molecule has 13 heavy (non-hydrogen) atoms. The second-order valence-corrected chi connectivity index (χ2v) is 3.72. The zero-order valence-electron chi connectivity index (χ0n) is 8.42. The van der Waals surface area contributed by atoms with Crippen LogP contribution in [-0.2, 0) is 4.79 Å². The van der Waals surface area contributed by atoms with Crippen molar-refractivity contribution >= 4 is 5.91 Å². The third-order valence-corrected chi connectivity index (χ3v) is 2.59. The molecule has 1 aliphatic rings. The molecule has 3 N–H and O–H groups in total. The van der Waals surface area contributed by atoms with Gasteiger partial charge in [0.05, 0.1) is 6.04 Å². The number of carbonyl (C=O) groups is 1. The molecule has 1 rings (SSSR count). The predicted octanol–water partition coefficient (Wildman–Crippen LogP) is -0.456. The third-order valence-electron chi connectivity index (χ3n) is 2.59. The molecule has 0 aromatic heterocycles. The SMILES string of the molecule is C[C@H](N)C(=O)N(C)C1CCNCC1. The fraction of sp³-hybridized carbons (Fsp3) is 0.889. The van der Waals surface area contributed by atoms with E-state index in [1.165, 1.54) is 0 Å². The number of carbonyl (C=O) groups excluding carboxylic acids is 1. The van der Waals surface area contributed by atoms with Crippen molar-refractivity contribution in [2.75, 3.05) is 20.1 Å². The molecule has 1 aliphatic heterocycles. The minimum atomic E-state index is -0.375. The number of nitrogens with two attached hydrogens (primary N) is 1. The molecule has 0 unspecified atom stereocenters. The first-order chi connectivity index (χ1) is 6.13. The van der Waals surface area contributed by atoms with Gasteiger partial charge in [-0.05, 0) is 32.9 Å². The minimum absolute atomic E-state index is 0.0481. The molecule has 4 heteroatoms. The van der Waals surface area contributed by atoms with Crippen molar-refractivity contribution in [3.05, 3.63) is 0 Å². The summed E-state index contributed by atoms with van der Waals surface area (Å²) in [6.07, 6.45) is 2.07. The molecule has 0 aliphatic carbocycles. The Morgan fingerprint density at radius 2 is 2.08 bits per heavy atom. The molecule has 1 saturated heterocycles. The molecule has 1 heterocycles. The maximum absolute atomic E-state index is 11.5. The van der Waals surface area contributed by atoms with Gasteiger partial charge in [-0.3, -0.25) is 4.79 Å². The first-order valence-corrected chi connectivity index (χ1v) is 4.86. The second-order valence-electron chi connectivity index (χ2n) is 3.72. The molecule has 0 bridgehead atoms. The van der Waals surface area contributed by atoms with Gasteiger partial charge in [-0.1, -0.05) is 0 Å². The predicted molar refractivity (Wildman–Crippen MR) is 52.3 cm³/mol. The molecule has 1 amide bonds. The highest BCUT2D eigenvalue weighted by Gasteiger charge is 2.23. The van der Waals surface area contributed by atoms with Gasteiger partial charge in [0.2, 0.25) is 5.91 Å². The summed E-state index contributed by atoms with van der Waals surface area (Å²) >= 11 is 0. The Bertz CT molecular complexity index is 176. The molecule has 1 atom stereocenters.